The molecule has 0 saturated heterocycles. The number of aromatic nitrogens is 4. The highest BCUT2D eigenvalue weighted by molar-refractivity contribution is 6.30. The molecule has 4 rings (SSSR count). The first-order chi connectivity index (χ1) is 11.7. The number of halogens is 1. The molecule has 24 heavy (non-hydrogen) atoms. The number of rotatable bonds is 3. The fraction of sp³-hybridized carbons (Fsp3) is 0.0556. The lowest BCUT2D eigenvalue weighted by atomic mass is 10.1. The largest absolute Gasteiger partial charge is 0.383 e. The maximum atomic E-state index is 6.10. The number of nitrogens with two attached hydrogens (primary N) is 1. The number of nitrogen functional groups attached to an aromatic ring is 1. The van der Waals surface area contributed by atoms with Gasteiger partial charge in [0.05, 0.1) is 11.9 Å². The Morgan fingerprint density at radius 3 is 2.46 bits per heavy atom. The van der Waals surface area contributed by atoms with Crippen LogP contribution in [0.4, 0.5) is 5.82 Å². The predicted octanol–water partition coefficient (Wildman–Crippen LogP) is 3.78. The number of nitrogens with zero attached hydrogens (tertiary/aromatic N) is 4. The molecule has 118 valence electrons. The van der Waals surface area contributed by atoms with E-state index < -0.39 is 0 Å². The molecule has 4 aromatic rings. The molecule has 0 amide bonds. The second-order valence-corrected chi connectivity index (χ2v) is 5.89. The van der Waals surface area contributed by atoms with Gasteiger partial charge in [0.1, 0.15) is 17.8 Å². The molecule has 0 aliphatic heterocycles. The summed E-state index contributed by atoms with van der Waals surface area (Å²) in [5.41, 5.74) is 9.65. The first-order valence-corrected chi connectivity index (χ1v) is 7.87. The van der Waals surface area contributed by atoms with Crippen LogP contribution >= 0.6 is 11.6 Å². The molecular formula is C18H14ClN5. The van der Waals surface area contributed by atoms with E-state index >= 15 is 0 Å². The van der Waals surface area contributed by atoms with Gasteiger partial charge in [-0.1, -0.05) is 54.1 Å². The lowest BCUT2D eigenvalue weighted by Gasteiger charge is -2.02. The van der Waals surface area contributed by atoms with E-state index in [1.54, 1.807) is 0 Å². The number of fused-ring (bicyclic) bond motifs is 1. The molecule has 0 aliphatic carbocycles. The highest BCUT2D eigenvalue weighted by atomic mass is 35.5. The van der Waals surface area contributed by atoms with Crippen molar-refractivity contribution in [2.75, 3.05) is 5.73 Å². The molecule has 0 saturated carbocycles. The Morgan fingerprint density at radius 1 is 0.958 bits per heavy atom. The fourth-order valence-corrected chi connectivity index (χ4v) is 2.83. The summed E-state index contributed by atoms with van der Waals surface area (Å²) < 4.78 is 1.85. The van der Waals surface area contributed by atoms with Crippen LogP contribution in [-0.4, -0.2) is 19.7 Å². The summed E-state index contributed by atoms with van der Waals surface area (Å²) in [6.45, 7) is 0.612. The Labute approximate surface area is 143 Å². The van der Waals surface area contributed by atoms with Crippen LogP contribution in [0.3, 0.4) is 0 Å². The van der Waals surface area contributed by atoms with Crippen molar-refractivity contribution in [3.05, 3.63) is 71.5 Å². The van der Waals surface area contributed by atoms with Crippen LogP contribution in [0.25, 0.3) is 22.3 Å². The normalized spacial score (nSPS) is 11.0. The van der Waals surface area contributed by atoms with Crippen molar-refractivity contribution in [3.63, 3.8) is 0 Å². The lowest BCUT2D eigenvalue weighted by Crippen LogP contribution is -2.03. The zero-order valence-corrected chi connectivity index (χ0v) is 13.5. The Morgan fingerprint density at radius 2 is 1.71 bits per heavy atom. The first kappa shape index (κ1) is 14.7. The van der Waals surface area contributed by atoms with Gasteiger partial charge in [0.25, 0.3) is 0 Å². The first-order valence-electron chi connectivity index (χ1n) is 7.49. The van der Waals surface area contributed by atoms with Crippen LogP contribution in [0.1, 0.15) is 5.56 Å². The summed E-state index contributed by atoms with van der Waals surface area (Å²) in [4.78, 5) is 8.50. The Hall–Kier alpha value is -2.92. The lowest BCUT2D eigenvalue weighted by molar-refractivity contribution is 0.706. The van der Waals surface area contributed by atoms with Crippen molar-refractivity contribution in [2.45, 2.75) is 6.54 Å². The third kappa shape index (κ3) is 2.59. The molecule has 0 spiro atoms. The van der Waals surface area contributed by atoms with Gasteiger partial charge in [-0.15, -0.1) is 0 Å². The molecule has 0 atom stereocenters. The van der Waals surface area contributed by atoms with Gasteiger partial charge in [-0.25, -0.2) is 14.6 Å². The molecule has 5 nitrogen and oxygen atoms in total. The fourth-order valence-electron chi connectivity index (χ4n) is 2.71. The summed E-state index contributed by atoms with van der Waals surface area (Å²) in [6.07, 6.45) is 1.46. The van der Waals surface area contributed by atoms with E-state index in [0.29, 0.717) is 17.4 Å². The van der Waals surface area contributed by atoms with Crippen LogP contribution in [0.15, 0.2) is 60.9 Å². The quantitative estimate of drug-likeness (QED) is 0.618. The molecule has 2 N–H and O–H groups in total. The molecular weight excluding hydrogens is 322 g/mol. The molecule has 0 fully saturated rings. The van der Waals surface area contributed by atoms with Gasteiger partial charge in [0.2, 0.25) is 0 Å². The summed E-state index contributed by atoms with van der Waals surface area (Å²) >= 11 is 5.99. The molecule has 0 radical (unpaired) electrons. The summed E-state index contributed by atoms with van der Waals surface area (Å²) in [5.74, 6) is 0.421. The van der Waals surface area contributed by atoms with E-state index in [1.807, 2.05) is 47.1 Å². The molecule has 0 unspecified atom stereocenters. The number of benzene rings is 2. The van der Waals surface area contributed by atoms with Crippen LogP contribution in [0, 0.1) is 0 Å². The van der Waals surface area contributed by atoms with Crippen LogP contribution in [0.2, 0.25) is 5.02 Å². The second kappa shape index (κ2) is 5.94. The van der Waals surface area contributed by atoms with E-state index in [9.17, 15) is 0 Å². The second-order valence-electron chi connectivity index (χ2n) is 5.46. The van der Waals surface area contributed by atoms with E-state index in [0.717, 1.165) is 27.9 Å². The smallest absolute Gasteiger partial charge is 0.164 e. The SMILES string of the molecule is Nc1ncnc2c1c(-c1ccc(Cl)cc1)nn2Cc1ccccc1. The van der Waals surface area contributed by atoms with Crippen molar-refractivity contribution in [3.8, 4) is 11.3 Å². The minimum Gasteiger partial charge on any atom is -0.383 e. The number of hydrogen-bond acceptors (Lipinski definition) is 4. The Bertz CT molecular complexity index is 993. The van der Waals surface area contributed by atoms with Crippen molar-refractivity contribution in [1.82, 2.24) is 19.7 Å². The molecule has 0 aliphatic rings. The predicted molar refractivity (Wildman–Crippen MR) is 95.7 cm³/mol. The zero-order chi connectivity index (χ0) is 16.5. The van der Waals surface area contributed by atoms with Gasteiger partial charge in [0, 0.05) is 10.6 Å². The highest BCUT2D eigenvalue weighted by Crippen LogP contribution is 2.31. The van der Waals surface area contributed by atoms with Crippen molar-refractivity contribution in [2.24, 2.45) is 0 Å². The van der Waals surface area contributed by atoms with Crippen molar-refractivity contribution >= 4 is 28.5 Å². The maximum absolute atomic E-state index is 6.10. The summed E-state index contributed by atoms with van der Waals surface area (Å²) in [6, 6.07) is 17.6. The van der Waals surface area contributed by atoms with E-state index in [2.05, 4.69) is 22.1 Å². The maximum Gasteiger partial charge on any atom is 0.164 e. The minimum absolute atomic E-state index is 0.421. The van der Waals surface area contributed by atoms with Crippen LogP contribution in [0.5, 0.6) is 0 Å². The van der Waals surface area contributed by atoms with Gasteiger partial charge >= 0.3 is 0 Å². The third-order valence-electron chi connectivity index (χ3n) is 3.85. The molecule has 6 heteroatoms. The van der Waals surface area contributed by atoms with Crippen molar-refractivity contribution in [1.29, 1.82) is 0 Å². The van der Waals surface area contributed by atoms with Gasteiger partial charge in [-0.3, -0.25) is 0 Å². The number of hydrogen-bond donors (Lipinski definition) is 1. The molecule has 2 aromatic carbocycles. The Kier molecular flexibility index (Phi) is 3.63. The van der Waals surface area contributed by atoms with Crippen LogP contribution in [-0.2, 0) is 6.54 Å². The Balaban J connectivity index is 1.89. The molecule has 2 heterocycles. The van der Waals surface area contributed by atoms with Gasteiger partial charge in [0.15, 0.2) is 5.65 Å². The third-order valence-corrected chi connectivity index (χ3v) is 4.10. The molecule has 0 bridgehead atoms. The van der Waals surface area contributed by atoms with Crippen LogP contribution < -0.4 is 5.73 Å². The summed E-state index contributed by atoms with van der Waals surface area (Å²) in [7, 11) is 0. The minimum atomic E-state index is 0.421. The average Bonchev–Trinajstić information content (AvgIpc) is 2.97. The van der Waals surface area contributed by atoms with Crippen molar-refractivity contribution < 1.29 is 0 Å². The number of anilines is 1. The van der Waals surface area contributed by atoms with Gasteiger partial charge in [-0.2, -0.15) is 5.10 Å². The molecule has 2 aromatic heterocycles. The standard InChI is InChI=1S/C18H14ClN5/c19-14-8-6-13(7-9-14)16-15-17(20)21-11-22-18(15)24(23-16)10-12-4-2-1-3-5-12/h1-9,11H,10H2,(H2,20,21,22). The van der Waals surface area contributed by atoms with E-state index in [-0.39, 0.29) is 0 Å². The summed E-state index contributed by atoms with van der Waals surface area (Å²) in [5, 5.41) is 6.17. The highest BCUT2D eigenvalue weighted by Gasteiger charge is 2.17. The van der Waals surface area contributed by atoms with Gasteiger partial charge in [-0.05, 0) is 17.7 Å². The van der Waals surface area contributed by atoms with E-state index in [4.69, 9.17) is 22.4 Å². The average molecular weight is 336 g/mol. The zero-order valence-electron chi connectivity index (χ0n) is 12.7. The topological polar surface area (TPSA) is 69.6 Å². The van der Waals surface area contributed by atoms with E-state index in [1.165, 1.54) is 6.33 Å². The van der Waals surface area contributed by atoms with Gasteiger partial charge < -0.3 is 5.73 Å². The monoisotopic (exact) mass is 335 g/mol.